The van der Waals surface area contributed by atoms with Crippen molar-refractivity contribution in [1.29, 1.82) is 0 Å². The summed E-state index contributed by atoms with van der Waals surface area (Å²) in [5, 5.41) is 23.7. The van der Waals surface area contributed by atoms with Crippen LogP contribution in [-0.2, 0) is 12.8 Å². The van der Waals surface area contributed by atoms with Crippen molar-refractivity contribution in [1.82, 2.24) is 0 Å². The van der Waals surface area contributed by atoms with Gasteiger partial charge in [-0.25, -0.2) is 0 Å². The first kappa shape index (κ1) is 33.1. The molecular weight excluding hydrogens is 669 g/mol. The molecule has 0 unspecified atom stereocenters. The number of phenolic OH excluding ortho intramolecular Hbond substituents is 2. The van der Waals surface area contributed by atoms with Gasteiger partial charge in [0.25, 0.3) is 0 Å². The molecule has 1 aliphatic rings. The minimum atomic E-state index is -0.0940. The van der Waals surface area contributed by atoms with Crippen LogP contribution in [0.1, 0.15) is 33.7 Å². The molecule has 0 spiro atoms. The second-order valence-corrected chi connectivity index (χ2v) is 13.8. The van der Waals surface area contributed by atoms with E-state index in [2.05, 4.69) is 109 Å². The van der Waals surface area contributed by atoms with Gasteiger partial charge < -0.3 is 24.4 Å². The fourth-order valence-electron chi connectivity index (χ4n) is 7.57. The Morgan fingerprint density at radius 2 is 0.944 bits per heavy atom. The molecule has 2 N–H and O–H groups in total. The number of hydrogen-bond donors (Lipinski definition) is 2. The summed E-state index contributed by atoms with van der Waals surface area (Å²) in [4.78, 5) is 0. The molecule has 0 bridgehead atoms. The number of aromatic hydroxyl groups is 2. The quantitative estimate of drug-likeness (QED) is 0.148. The molecule has 8 aromatic carbocycles. The van der Waals surface area contributed by atoms with E-state index in [1.54, 1.807) is 24.3 Å². The number of benzene rings is 8. The van der Waals surface area contributed by atoms with Gasteiger partial charge in [-0.15, -0.1) is 0 Å². The maximum absolute atomic E-state index is 9.63. The smallest absolute Gasteiger partial charge is 0.132 e. The van der Waals surface area contributed by atoms with Crippen molar-refractivity contribution >= 4 is 21.5 Å². The molecule has 0 atom stereocenters. The summed E-state index contributed by atoms with van der Waals surface area (Å²) in [5.41, 5.74) is 8.02. The topological polar surface area (TPSA) is 68.2 Å². The molecule has 0 saturated carbocycles. The Hall–Kier alpha value is -6.72. The Labute approximate surface area is 314 Å². The zero-order valence-corrected chi connectivity index (χ0v) is 29.6. The Kier molecular flexibility index (Phi) is 8.81. The van der Waals surface area contributed by atoms with E-state index in [4.69, 9.17) is 14.2 Å². The van der Waals surface area contributed by atoms with E-state index in [1.807, 2.05) is 30.3 Å². The molecule has 0 fully saturated rings. The number of ether oxygens (including phenoxy) is 3. The average molecular weight is 707 g/mol. The highest BCUT2D eigenvalue weighted by atomic mass is 16.5. The molecular formula is C49H38O5. The number of rotatable bonds is 10. The second-order valence-electron chi connectivity index (χ2n) is 13.8. The van der Waals surface area contributed by atoms with Gasteiger partial charge in [0, 0.05) is 29.9 Å². The standard InChI is InChI=1S/C49H38O5/c50-39-16-6-32(7-17-39)26-28-52-41-20-22-43-37(30-41)14-24-45-48(43)47(36-12-10-35(11-13-36)34-4-2-1-3-5-34)49-44-23-21-42(31-38(44)15-25-46(49)54-45)53-29-27-33-8-18-40(51)19-9-33/h1-25,30-31,47,50-51H,26-29H2. The zero-order chi connectivity index (χ0) is 36.4. The van der Waals surface area contributed by atoms with Gasteiger partial charge in [0.1, 0.15) is 34.5 Å². The van der Waals surface area contributed by atoms with Gasteiger partial charge >= 0.3 is 0 Å². The Morgan fingerprint density at radius 3 is 1.44 bits per heavy atom. The Balaban J connectivity index is 1.08. The SMILES string of the molecule is Oc1ccc(CCOc2ccc3c4c(ccc3c2)Oc2ccc3cc(OCCc5ccc(O)cc5)ccc3c2C4c2ccc(-c3ccccc3)cc2)cc1. The van der Waals surface area contributed by atoms with Crippen LogP contribution >= 0.6 is 0 Å². The van der Waals surface area contributed by atoms with E-state index >= 15 is 0 Å². The third-order valence-electron chi connectivity index (χ3n) is 10.3. The van der Waals surface area contributed by atoms with Crippen molar-refractivity contribution in [3.8, 4) is 45.6 Å². The molecule has 0 saturated heterocycles. The van der Waals surface area contributed by atoms with E-state index in [0.717, 1.165) is 79.6 Å². The third-order valence-corrected chi connectivity index (χ3v) is 10.3. The molecule has 0 aliphatic carbocycles. The maximum Gasteiger partial charge on any atom is 0.132 e. The van der Waals surface area contributed by atoms with E-state index in [0.29, 0.717) is 13.2 Å². The molecule has 54 heavy (non-hydrogen) atoms. The maximum atomic E-state index is 9.63. The molecule has 1 heterocycles. The normalized spacial score (nSPS) is 12.2. The van der Waals surface area contributed by atoms with E-state index in [-0.39, 0.29) is 17.4 Å². The zero-order valence-electron chi connectivity index (χ0n) is 29.6. The van der Waals surface area contributed by atoms with Gasteiger partial charge in [0.05, 0.1) is 13.2 Å². The van der Waals surface area contributed by atoms with Gasteiger partial charge in [0.2, 0.25) is 0 Å². The van der Waals surface area contributed by atoms with Crippen molar-refractivity contribution in [3.63, 3.8) is 0 Å². The van der Waals surface area contributed by atoms with Crippen LogP contribution in [0.2, 0.25) is 0 Å². The molecule has 5 nitrogen and oxygen atoms in total. The monoisotopic (exact) mass is 706 g/mol. The van der Waals surface area contributed by atoms with Gasteiger partial charge in [-0.1, -0.05) is 103 Å². The Morgan fingerprint density at radius 1 is 0.463 bits per heavy atom. The number of hydrogen-bond acceptors (Lipinski definition) is 5. The molecule has 0 radical (unpaired) electrons. The lowest BCUT2D eigenvalue weighted by molar-refractivity contribution is 0.322. The third kappa shape index (κ3) is 6.68. The van der Waals surface area contributed by atoms with Crippen LogP contribution in [0.5, 0.6) is 34.5 Å². The van der Waals surface area contributed by atoms with Crippen molar-refractivity contribution < 1.29 is 24.4 Å². The summed E-state index contributed by atoms with van der Waals surface area (Å²) < 4.78 is 19.2. The largest absolute Gasteiger partial charge is 0.508 e. The van der Waals surface area contributed by atoms with Crippen LogP contribution in [-0.4, -0.2) is 23.4 Å². The predicted octanol–water partition coefficient (Wildman–Crippen LogP) is 11.6. The van der Waals surface area contributed by atoms with Gasteiger partial charge in [-0.05, 0) is 110 Å². The molecule has 9 rings (SSSR count). The highest BCUT2D eigenvalue weighted by molar-refractivity contribution is 5.96. The Bertz CT molecular complexity index is 2440. The molecule has 0 aromatic heterocycles. The molecule has 1 aliphatic heterocycles. The van der Waals surface area contributed by atoms with Crippen LogP contribution in [0.4, 0.5) is 0 Å². The van der Waals surface area contributed by atoms with Gasteiger partial charge in [0.15, 0.2) is 0 Å². The van der Waals surface area contributed by atoms with Crippen LogP contribution < -0.4 is 14.2 Å². The van der Waals surface area contributed by atoms with Crippen molar-refractivity contribution in [3.05, 3.63) is 192 Å². The number of phenols is 2. The summed E-state index contributed by atoms with van der Waals surface area (Å²) in [5.74, 6) is 3.75. The predicted molar refractivity (Wildman–Crippen MR) is 215 cm³/mol. The van der Waals surface area contributed by atoms with Crippen molar-refractivity contribution in [2.75, 3.05) is 13.2 Å². The molecule has 0 amide bonds. The van der Waals surface area contributed by atoms with Gasteiger partial charge in [-0.3, -0.25) is 0 Å². The van der Waals surface area contributed by atoms with E-state index in [9.17, 15) is 10.2 Å². The van der Waals surface area contributed by atoms with Crippen LogP contribution in [0, 0.1) is 0 Å². The highest BCUT2D eigenvalue weighted by Crippen LogP contribution is 2.52. The average Bonchev–Trinajstić information content (AvgIpc) is 3.21. The molecule has 8 aromatic rings. The number of fused-ring (bicyclic) bond motifs is 6. The van der Waals surface area contributed by atoms with Gasteiger partial charge in [-0.2, -0.15) is 0 Å². The van der Waals surface area contributed by atoms with Crippen molar-refractivity contribution in [2.24, 2.45) is 0 Å². The van der Waals surface area contributed by atoms with Crippen molar-refractivity contribution in [2.45, 2.75) is 18.8 Å². The first-order chi connectivity index (χ1) is 26.6. The van der Waals surface area contributed by atoms with E-state index < -0.39 is 0 Å². The summed E-state index contributed by atoms with van der Waals surface area (Å²) in [6.45, 7) is 1.06. The lowest BCUT2D eigenvalue weighted by Gasteiger charge is -2.31. The second kappa shape index (κ2) is 14.4. The fraction of sp³-hybridized carbons (Fsp3) is 0.102. The highest BCUT2D eigenvalue weighted by Gasteiger charge is 2.32. The first-order valence-corrected chi connectivity index (χ1v) is 18.3. The minimum Gasteiger partial charge on any atom is -0.508 e. The first-order valence-electron chi connectivity index (χ1n) is 18.3. The lowest BCUT2D eigenvalue weighted by Crippen LogP contribution is -2.13. The summed E-state index contributed by atoms with van der Waals surface area (Å²) >= 11 is 0. The van der Waals surface area contributed by atoms with Crippen LogP contribution in [0.3, 0.4) is 0 Å². The summed E-state index contributed by atoms with van der Waals surface area (Å²) in [6.07, 6.45) is 1.48. The van der Waals surface area contributed by atoms with Crippen LogP contribution in [0.15, 0.2) is 164 Å². The summed E-state index contributed by atoms with van der Waals surface area (Å²) in [6, 6.07) is 55.0. The summed E-state index contributed by atoms with van der Waals surface area (Å²) in [7, 11) is 0. The lowest BCUT2D eigenvalue weighted by atomic mass is 9.78. The van der Waals surface area contributed by atoms with Crippen LogP contribution in [0.25, 0.3) is 32.7 Å². The molecule has 5 heteroatoms. The fourth-order valence-corrected chi connectivity index (χ4v) is 7.57. The minimum absolute atomic E-state index is 0.0940. The molecule has 264 valence electrons. The van der Waals surface area contributed by atoms with E-state index in [1.165, 1.54) is 16.7 Å².